The van der Waals surface area contributed by atoms with Crippen molar-refractivity contribution in [2.75, 3.05) is 11.6 Å². The normalized spacial score (nSPS) is 16.9. The van der Waals surface area contributed by atoms with E-state index in [2.05, 4.69) is 60.1 Å². The van der Waals surface area contributed by atoms with Crippen molar-refractivity contribution in [1.82, 2.24) is 0 Å². The first-order valence-electron chi connectivity index (χ1n) is 7.72. The molecule has 1 aliphatic heterocycles. The monoisotopic (exact) mass is 319 g/mol. The second kappa shape index (κ2) is 5.74. The fourth-order valence-electron chi connectivity index (χ4n) is 3.34. The molecular weight excluding hydrogens is 302 g/mol. The van der Waals surface area contributed by atoms with E-state index in [9.17, 15) is 4.79 Å². The lowest BCUT2D eigenvalue weighted by atomic mass is 9.83. The number of rotatable bonds is 2. The summed E-state index contributed by atoms with van der Waals surface area (Å²) >= 11 is 1.73. The van der Waals surface area contributed by atoms with Gasteiger partial charge in [-0.1, -0.05) is 48.5 Å². The predicted molar refractivity (Wildman–Crippen MR) is 97.3 cm³/mol. The minimum absolute atomic E-state index is 0.0906. The van der Waals surface area contributed by atoms with Crippen molar-refractivity contribution in [1.29, 1.82) is 0 Å². The van der Waals surface area contributed by atoms with Crippen LogP contribution < -0.4 is 5.32 Å². The zero-order chi connectivity index (χ0) is 15.8. The van der Waals surface area contributed by atoms with Crippen LogP contribution in [0.4, 0.5) is 5.69 Å². The molecule has 0 spiro atoms. The van der Waals surface area contributed by atoms with Gasteiger partial charge in [0.25, 0.3) is 0 Å². The van der Waals surface area contributed by atoms with Crippen molar-refractivity contribution in [2.45, 2.75) is 17.2 Å². The summed E-state index contributed by atoms with van der Waals surface area (Å²) in [6.45, 7) is 0. The molecule has 1 N–H and O–H groups in total. The number of anilines is 1. The van der Waals surface area contributed by atoms with E-state index in [1.165, 1.54) is 16.0 Å². The Morgan fingerprint density at radius 3 is 2.57 bits per heavy atom. The number of hydrogen-bond acceptors (Lipinski definition) is 2. The maximum atomic E-state index is 12.3. The van der Waals surface area contributed by atoms with Crippen LogP contribution in [0.5, 0.6) is 0 Å². The summed E-state index contributed by atoms with van der Waals surface area (Å²) in [5.41, 5.74) is 3.38. The molecular formula is C20H17NOS. The lowest BCUT2D eigenvalue weighted by Gasteiger charge is -2.27. The molecule has 0 radical (unpaired) electrons. The van der Waals surface area contributed by atoms with Gasteiger partial charge in [-0.05, 0) is 34.9 Å². The van der Waals surface area contributed by atoms with Gasteiger partial charge in [0.05, 0.1) is 5.69 Å². The second-order valence-corrected chi connectivity index (χ2v) is 6.71. The van der Waals surface area contributed by atoms with Crippen LogP contribution in [-0.2, 0) is 4.79 Å². The Labute approximate surface area is 139 Å². The topological polar surface area (TPSA) is 29.1 Å². The van der Waals surface area contributed by atoms with Gasteiger partial charge in [-0.15, -0.1) is 11.8 Å². The van der Waals surface area contributed by atoms with E-state index in [4.69, 9.17) is 0 Å². The highest BCUT2D eigenvalue weighted by atomic mass is 32.2. The molecule has 3 aromatic rings. The zero-order valence-corrected chi connectivity index (χ0v) is 13.7. The molecule has 2 nitrogen and oxygen atoms in total. The second-order valence-electron chi connectivity index (χ2n) is 5.83. The van der Waals surface area contributed by atoms with Gasteiger partial charge in [0.1, 0.15) is 0 Å². The molecule has 1 aliphatic rings. The van der Waals surface area contributed by atoms with Crippen molar-refractivity contribution in [3.05, 3.63) is 71.8 Å². The van der Waals surface area contributed by atoms with Crippen molar-refractivity contribution in [3.63, 3.8) is 0 Å². The van der Waals surface area contributed by atoms with E-state index < -0.39 is 0 Å². The average molecular weight is 319 g/mol. The molecule has 23 heavy (non-hydrogen) atoms. The number of carbonyl (C=O) groups is 1. The SMILES string of the molecule is CSc1ccc(C2CC(=O)Nc3c2ccc2ccccc32)cc1. The van der Waals surface area contributed by atoms with Gasteiger partial charge in [0.15, 0.2) is 0 Å². The summed E-state index contributed by atoms with van der Waals surface area (Å²) in [7, 11) is 0. The molecule has 1 unspecified atom stereocenters. The smallest absolute Gasteiger partial charge is 0.225 e. The molecule has 4 rings (SSSR count). The molecule has 0 aliphatic carbocycles. The van der Waals surface area contributed by atoms with Crippen LogP contribution in [0.1, 0.15) is 23.5 Å². The van der Waals surface area contributed by atoms with Crippen LogP contribution in [0.15, 0.2) is 65.6 Å². The number of thioether (sulfide) groups is 1. The molecule has 3 heteroatoms. The third kappa shape index (κ3) is 2.51. The van der Waals surface area contributed by atoms with Gasteiger partial charge >= 0.3 is 0 Å². The number of fused-ring (bicyclic) bond motifs is 3. The highest BCUT2D eigenvalue weighted by Gasteiger charge is 2.27. The molecule has 0 saturated carbocycles. The minimum atomic E-state index is 0.0906. The Morgan fingerprint density at radius 2 is 1.78 bits per heavy atom. The van der Waals surface area contributed by atoms with Gasteiger partial charge < -0.3 is 5.32 Å². The molecule has 0 saturated heterocycles. The van der Waals surface area contributed by atoms with E-state index >= 15 is 0 Å². The first kappa shape index (κ1) is 14.3. The van der Waals surface area contributed by atoms with E-state index in [1.807, 2.05) is 12.1 Å². The molecule has 0 bridgehead atoms. The molecule has 1 atom stereocenters. The summed E-state index contributed by atoms with van der Waals surface area (Å²) in [4.78, 5) is 13.5. The fraction of sp³-hybridized carbons (Fsp3) is 0.150. The fourth-order valence-corrected chi connectivity index (χ4v) is 3.75. The highest BCUT2D eigenvalue weighted by molar-refractivity contribution is 7.98. The molecule has 1 heterocycles. The van der Waals surface area contributed by atoms with Crippen molar-refractivity contribution in [3.8, 4) is 0 Å². The first-order chi connectivity index (χ1) is 11.3. The number of nitrogens with one attached hydrogen (secondary N) is 1. The molecule has 0 fully saturated rings. The predicted octanol–water partition coefficient (Wildman–Crippen LogP) is 5.04. The van der Waals surface area contributed by atoms with Crippen molar-refractivity contribution >= 4 is 34.1 Å². The van der Waals surface area contributed by atoms with Crippen LogP contribution >= 0.6 is 11.8 Å². The van der Waals surface area contributed by atoms with Crippen LogP contribution in [-0.4, -0.2) is 12.2 Å². The summed E-state index contributed by atoms with van der Waals surface area (Å²) < 4.78 is 0. The lowest BCUT2D eigenvalue weighted by molar-refractivity contribution is -0.116. The lowest BCUT2D eigenvalue weighted by Crippen LogP contribution is -2.23. The maximum Gasteiger partial charge on any atom is 0.225 e. The largest absolute Gasteiger partial charge is 0.325 e. The van der Waals surface area contributed by atoms with E-state index in [0.29, 0.717) is 6.42 Å². The quantitative estimate of drug-likeness (QED) is 0.671. The number of carbonyl (C=O) groups excluding carboxylic acids is 1. The van der Waals surface area contributed by atoms with Gasteiger partial charge in [-0.3, -0.25) is 4.79 Å². The third-order valence-electron chi connectivity index (χ3n) is 4.51. The summed E-state index contributed by atoms with van der Waals surface area (Å²) in [5.74, 6) is 0.215. The van der Waals surface area contributed by atoms with Crippen LogP contribution in [0, 0.1) is 0 Å². The Kier molecular flexibility index (Phi) is 3.58. The molecule has 3 aromatic carbocycles. The van der Waals surface area contributed by atoms with E-state index in [1.54, 1.807) is 11.8 Å². The van der Waals surface area contributed by atoms with Crippen molar-refractivity contribution in [2.24, 2.45) is 0 Å². The van der Waals surface area contributed by atoms with Crippen LogP contribution in [0.25, 0.3) is 10.8 Å². The van der Waals surface area contributed by atoms with E-state index in [-0.39, 0.29) is 11.8 Å². The number of hydrogen-bond donors (Lipinski definition) is 1. The standard InChI is InChI=1S/C20H17NOS/c1-23-15-9-6-14(7-10-15)18-12-19(22)21-20-16-5-3-2-4-13(16)8-11-17(18)20/h2-11,18H,12H2,1H3,(H,21,22). The van der Waals surface area contributed by atoms with Crippen molar-refractivity contribution < 1.29 is 4.79 Å². The summed E-state index contributed by atoms with van der Waals surface area (Å²) in [5, 5.41) is 5.35. The van der Waals surface area contributed by atoms with Gasteiger partial charge in [-0.2, -0.15) is 0 Å². The van der Waals surface area contributed by atoms with Gasteiger partial charge in [0.2, 0.25) is 5.91 Å². The van der Waals surface area contributed by atoms with E-state index in [0.717, 1.165) is 16.5 Å². The van der Waals surface area contributed by atoms with Crippen LogP contribution in [0.2, 0.25) is 0 Å². The minimum Gasteiger partial charge on any atom is -0.325 e. The first-order valence-corrected chi connectivity index (χ1v) is 8.94. The third-order valence-corrected chi connectivity index (χ3v) is 5.25. The molecule has 0 aromatic heterocycles. The van der Waals surface area contributed by atoms with Gasteiger partial charge in [-0.25, -0.2) is 0 Å². The molecule has 114 valence electrons. The summed E-state index contributed by atoms with van der Waals surface area (Å²) in [6, 6.07) is 21.1. The Balaban J connectivity index is 1.87. The number of benzene rings is 3. The average Bonchev–Trinajstić information content (AvgIpc) is 2.61. The Bertz CT molecular complexity index is 886. The Morgan fingerprint density at radius 1 is 1.00 bits per heavy atom. The van der Waals surface area contributed by atoms with Crippen LogP contribution in [0.3, 0.4) is 0 Å². The highest BCUT2D eigenvalue weighted by Crippen LogP contribution is 2.41. The van der Waals surface area contributed by atoms with Gasteiger partial charge in [0, 0.05) is 22.6 Å². The Hall–Kier alpha value is -2.26. The summed E-state index contributed by atoms with van der Waals surface area (Å²) in [6.07, 6.45) is 2.58. The maximum absolute atomic E-state index is 12.3. The number of amides is 1. The zero-order valence-electron chi connectivity index (χ0n) is 12.9. The molecule has 1 amide bonds.